The quantitative estimate of drug-likeness (QED) is 0.320. The number of carbonyl (C=O) groups excluding carboxylic acids is 1. The van der Waals surface area contributed by atoms with Gasteiger partial charge in [-0.3, -0.25) is 9.78 Å². The standard InChI is InChI=1S/C14H20N4O3/c1-2-12-9(5-6-21-12)7-17-14(19)11-4-3-10(8-16-11)13(15)18-20/h3-4,8-9,12,20H,2,5-7H2,1H3,(H2,15,18)(H,17,19). The van der Waals surface area contributed by atoms with Crippen LogP contribution in [0.3, 0.4) is 0 Å². The second-order valence-corrected chi connectivity index (χ2v) is 4.99. The first-order chi connectivity index (χ1) is 10.2. The molecule has 1 aliphatic rings. The number of nitrogens with two attached hydrogens (primary N) is 1. The number of pyridine rings is 1. The molecule has 0 radical (unpaired) electrons. The van der Waals surface area contributed by atoms with E-state index in [9.17, 15) is 4.79 Å². The van der Waals surface area contributed by atoms with Crippen molar-refractivity contribution in [2.75, 3.05) is 13.2 Å². The van der Waals surface area contributed by atoms with Gasteiger partial charge in [-0.1, -0.05) is 12.1 Å². The molecule has 2 atom stereocenters. The molecule has 1 amide bonds. The maximum Gasteiger partial charge on any atom is 0.269 e. The predicted molar refractivity (Wildman–Crippen MR) is 77.2 cm³/mol. The molecular formula is C14H20N4O3. The zero-order chi connectivity index (χ0) is 15.2. The SMILES string of the molecule is CCC1OCCC1CNC(=O)c1ccc(/C(N)=N/O)cn1. The highest BCUT2D eigenvalue weighted by Gasteiger charge is 2.27. The van der Waals surface area contributed by atoms with E-state index < -0.39 is 0 Å². The number of carbonyl (C=O) groups is 1. The topological polar surface area (TPSA) is 110 Å². The summed E-state index contributed by atoms with van der Waals surface area (Å²) in [5.41, 5.74) is 6.20. The van der Waals surface area contributed by atoms with Gasteiger partial charge in [0.25, 0.3) is 5.91 Å². The molecule has 0 aromatic carbocycles. The van der Waals surface area contributed by atoms with Crippen molar-refractivity contribution in [3.8, 4) is 0 Å². The minimum atomic E-state index is -0.234. The van der Waals surface area contributed by atoms with Crippen LogP contribution in [-0.2, 0) is 4.74 Å². The minimum Gasteiger partial charge on any atom is -0.409 e. The van der Waals surface area contributed by atoms with Gasteiger partial charge in [-0.2, -0.15) is 0 Å². The van der Waals surface area contributed by atoms with Crippen molar-refractivity contribution in [2.24, 2.45) is 16.8 Å². The molecule has 21 heavy (non-hydrogen) atoms. The molecule has 4 N–H and O–H groups in total. The fraction of sp³-hybridized carbons (Fsp3) is 0.500. The average molecular weight is 292 g/mol. The van der Waals surface area contributed by atoms with E-state index in [2.05, 4.69) is 22.4 Å². The number of hydrogen-bond acceptors (Lipinski definition) is 5. The maximum absolute atomic E-state index is 12.0. The van der Waals surface area contributed by atoms with Crippen LogP contribution in [0.2, 0.25) is 0 Å². The summed E-state index contributed by atoms with van der Waals surface area (Å²) in [7, 11) is 0. The van der Waals surface area contributed by atoms with Gasteiger partial charge in [-0.05, 0) is 25.0 Å². The lowest BCUT2D eigenvalue weighted by Gasteiger charge is -2.17. The maximum atomic E-state index is 12.0. The molecule has 1 fully saturated rings. The van der Waals surface area contributed by atoms with Crippen LogP contribution in [0.15, 0.2) is 23.5 Å². The highest BCUT2D eigenvalue weighted by atomic mass is 16.5. The largest absolute Gasteiger partial charge is 0.409 e. The highest BCUT2D eigenvalue weighted by Crippen LogP contribution is 2.22. The van der Waals surface area contributed by atoms with Gasteiger partial charge in [0.15, 0.2) is 5.84 Å². The van der Waals surface area contributed by atoms with Crippen LogP contribution >= 0.6 is 0 Å². The molecule has 0 spiro atoms. The van der Waals surface area contributed by atoms with E-state index in [1.807, 2.05) is 0 Å². The first-order valence-corrected chi connectivity index (χ1v) is 6.99. The van der Waals surface area contributed by atoms with Gasteiger partial charge in [-0.25, -0.2) is 0 Å². The Bertz CT molecular complexity index is 515. The van der Waals surface area contributed by atoms with Crippen LogP contribution in [-0.4, -0.2) is 41.2 Å². The summed E-state index contributed by atoms with van der Waals surface area (Å²) >= 11 is 0. The highest BCUT2D eigenvalue weighted by molar-refractivity contribution is 5.98. The first-order valence-electron chi connectivity index (χ1n) is 6.99. The molecule has 1 aromatic heterocycles. The van der Waals surface area contributed by atoms with E-state index in [4.69, 9.17) is 15.7 Å². The van der Waals surface area contributed by atoms with Crippen molar-refractivity contribution >= 4 is 11.7 Å². The third-order valence-corrected chi connectivity index (χ3v) is 3.67. The number of amidine groups is 1. The van der Waals surface area contributed by atoms with Gasteiger partial charge in [0, 0.05) is 30.8 Å². The van der Waals surface area contributed by atoms with E-state index in [1.165, 1.54) is 6.20 Å². The molecule has 0 bridgehead atoms. The van der Waals surface area contributed by atoms with Gasteiger partial charge >= 0.3 is 0 Å². The average Bonchev–Trinajstić information content (AvgIpc) is 2.99. The lowest BCUT2D eigenvalue weighted by atomic mass is 10.00. The van der Waals surface area contributed by atoms with Crippen molar-refractivity contribution in [3.63, 3.8) is 0 Å². The Morgan fingerprint density at radius 2 is 2.43 bits per heavy atom. The van der Waals surface area contributed by atoms with Crippen LogP contribution < -0.4 is 11.1 Å². The fourth-order valence-corrected chi connectivity index (χ4v) is 2.43. The lowest BCUT2D eigenvalue weighted by molar-refractivity contribution is 0.0825. The minimum absolute atomic E-state index is 0.0386. The summed E-state index contributed by atoms with van der Waals surface area (Å²) < 4.78 is 5.59. The Labute approximate surface area is 123 Å². The van der Waals surface area contributed by atoms with Crippen molar-refractivity contribution in [3.05, 3.63) is 29.6 Å². The smallest absolute Gasteiger partial charge is 0.269 e. The molecule has 1 aromatic rings. The van der Waals surface area contributed by atoms with Crippen LogP contribution in [0.25, 0.3) is 0 Å². The summed E-state index contributed by atoms with van der Waals surface area (Å²) in [5, 5.41) is 14.3. The van der Waals surface area contributed by atoms with Crippen LogP contribution in [0, 0.1) is 5.92 Å². The van der Waals surface area contributed by atoms with Crippen LogP contribution in [0.4, 0.5) is 0 Å². The number of nitrogens with one attached hydrogen (secondary N) is 1. The molecule has 0 saturated carbocycles. The Balaban J connectivity index is 1.91. The number of nitrogens with zero attached hydrogens (tertiary/aromatic N) is 2. The van der Waals surface area contributed by atoms with E-state index in [1.54, 1.807) is 12.1 Å². The zero-order valence-corrected chi connectivity index (χ0v) is 12.0. The Kier molecular flexibility index (Phi) is 5.10. The summed E-state index contributed by atoms with van der Waals surface area (Å²) in [4.78, 5) is 16.0. The van der Waals surface area contributed by atoms with E-state index in [0.717, 1.165) is 19.4 Å². The number of aromatic nitrogens is 1. The summed E-state index contributed by atoms with van der Waals surface area (Å²) in [5.74, 6) is 0.0848. The Hall–Kier alpha value is -2.15. The van der Waals surface area contributed by atoms with E-state index >= 15 is 0 Å². The fourth-order valence-electron chi connectivity index (χ4n) is 2.43. The number of amides is 1. The molecule has 7 nitrogen and oxygen atoms in total. The van der Waals surface area contributed by atoms with Gasteiger partial charge in [-0.15, -0.1) is 0 Å². The number of oxime groups is 1. The molecule has 2 unspecified atom stereocenters. The molecule has 1 aliphatic heterocycles. The molecule has 0 aliphatic carbocycles. The van der Waals surface area contributed by atoms with Crippen molar-refractivity contribution in [2.45, 2.75) is 25.9 Å². The number of ether oxygens (including phenoxy) is 1. The predicted octanol–water partition coefficient (Wildman–Crippen LogP) is 0.721. The van der Waals surface area contributed by atoms with Crippen LogP contribution in [0.5, 0.6) is 0 Å². The summed E-state index contributed by atoms with van der Waals surface area (Å²) in [6.07, 6.45) is 3.54. The lowest BCUT2D eigenvalue weighted by Crippen LogP contribution is -2.33. The second kappa shape index (κ2) is 7.03. The Morgan fingerprint density at radius 3 is 3.05 bits per heavy atom. The molecular weight excluding hydrogens is 272 g/mol. The van der Waals surface area contributed by atoms with Crippen LogP contribution in [0.1, 0.15) is 35.8 Å². The number of rotatable bonds is 5. The summed E-state index contributed by atoms with van der Waals surface area (Å²) in [6, 6.07) is 3.13. The third-order valence-electron chi connectivity index (χ3n) is 3.67. The third kappa shape index (κ3) is 3.69. The summed E-state index contributed by atoms with van der Waals surface area (Å²) in [6.45, 7) is 3.42. The van der Waals surface area contributed by atoms with Gasteiger partial charge in [0.05, 0.1) is 6.10 Å². The molecule has 114 valence electrons. The van der Waals surface area contributed by atoms with E-state index in [-0.39, 0.29) is 17.8 Å². The number of hydrogen-bond donors (Lipinski definition) is 3. The first kappa shape index (κ1) is 15.2. The molecule has 1 saturated heterocycles. The van der Waals surface area contributed by atoms with Gasteiger partial charge in [0.1, 0.15) is 5.69 Å². The van der Waals surface area contributed by atoms with E-state index in [0.29, 0.717) is 23.7 Å². The van der Waals surface area contributed by atoms with Gasteiger partial charge in [0.2, 0.25) is 0 Å². The Morgan fingerprint density at radius 1 is 1.62 bits per heavy atom. The second-order valence-electron chi connectivity index (χ2n) is 4.99. The van der Waals surface area contributed by atoms with Gasteiger partial charge < -0.3 is 21.0 Å². The molecule has 2 heterocycles. The normalized spacial score (nSPS) is 22.2. The monoisotopic (exact) mass is 292 g/mol. The zero-order valence-electron chi connectivity index (χ0n) is 12.0. The molecule has 7 heteroatoms. The van der Waals surface area contributed by atoms with Crippen molar-refractivity contribution < 1.29 is 14.7 Å². The van der Waals surface area contributed by atoms with Crippen molar-refractivity contribution in [1.82, 2.24) is 10.3 Å². The van der Waals surface area contributed by atoms with Crippen molar-refractivity contribution in [1.29, 1.82) is 0 Å². The molecule has 2 rings (SSSR count).